The van der Waals surface area contributed by atoms with E-state index in [9.17, 15) is 0 Å². The van der Waals surface area contributed by atoms with Gasteiger partial charge in [-0.2, -0.15) is 0 Å². The Kier molecular flexibility index (Phi) is 4.07. The third kappa shape index (κ3) is 3.01. The summed E-state index contributed by atoms with van der Waals surface area (Å²) < 4.78 is 2.38. The summed E-state index contributed by atoms with van der Waals surface area (Å²) in [4.78, 5) is 1.38. The second-order valence-corrected chi connectivity index (χ2v) is 7.35. The molecule has 0 bridgehead atoms. The van der Waals surface area contributed by atoms with Crippen LogP contribution >= 0.6 is 11.8 Å². The number of fused-ring (bicyclic) bond motifs is 1. The lowest BCUT2D eigenvalue weighted by Crippen LogP contribution is -1.99. The molecule has 0 fully saturated rings. The lowest BCUT2D eigenvalue weighted by molar-refractivity contribution is 0.824. The van der Waals surface area contributed by atoms with Crippen LogP contribution in [0.1, 0.15) is 25.0 Å². The summed E-state index contributed by atoms with van der Waals surface area (Å²) in [5, 5.41) is 1.97. The summed E-state index contributed by atoms with van der Waals surface area (Å²) in [7, 11) is 0. The van der Waals surface area contributed by atoms with E-state index in [0.717, 1.165) is 6.54 Å². The van der Waals surface area contributed by atoms with Crippen LogP contribution in [-0.4, -0.2) is 9.82 Å². The predicted octanol–water partition coefficient (Wildman–Crippen LogP) is 5.50. The molecule has 0 unspecified atom stereocenters. The van der Waals surface area contributed by atoms with Crippen LogP contribution in [0.2, 0.25) is 0 Å². The number of thioether (sulfide) groups is 1. The first-order valence-electron chi connectivity index (χ1n) is 7.44. The average Bonchev–Trinajstić information content (AvgIpc) is 2.79. The number of para-hydroxylation sites is 1. The zero-order valence-electron chi connectivity index (χ0n) is 12.8. The highest BCUT2D eigenvalue weighted by atomic mass is 32.2. The van der Waals surface area contributed by atoms with Gasteiger partial charge in [0, 0.05) is 33.8 Å². The molecule has 3 rings (SSSR count). The number of nitrogens with zero attached hydrogens (tertiary/aromatic N) is 1. The van der Waals surface area contributed by atoms with E-state index in [1.54, 1.807) is 0 Å². The van der Waals surface area contributed by atoms with Gasteiger partial charge in [-0.3, -0.25) is 0 Å². The van der Waals surface area contributed by atoms with Crippen LogP contribution in [0.4, 0.5) is 0 Å². The highest BCUT2D eigenvalue weighted by Gasteiger charge is 2.10. The fourth-order valence-electron chi connectivity index (χ4n) is 2.66. The first-order chi connectivity index (χ1) is 10.1. The Morgan fingerprint density at radius 2 is 1.71 bits per heavy atom. The van der Waals surface area contributed by atoms with Crippen molar-refractivity contribution in [1.82, 2.24) is 4.57 Å². The van der Waals surface area contributed by atoms with E-state index < -0.39 is 0 Å². The van der Waals surface area contributed by atoms with Gasteiger partial charge in [-0.05, 0) is 24.1 Å². The van der Waals surface area contributed by atoms with Crippen molar-refractivity contribution in [2.75, 3.05) is 0 Å². The Hall–Kier alpha value is -1.67. The molecule has 0 aliphatic carbocycles. The average molecular weight is 295 g/mol. The fourth-order valence-corrected chi connectivity index (χ4v) is 3.66. The summed E-state index contributed by atoms with van der Waals surface area (Å²) in [6.45, 7) is 7.62. The second-order valence-electron chi connectivity index (χ2n) is 5.73. The minimum Gasteiger partial charge on any atom is -0.342 e. The molecule has 0 amide bonds. The second kappa shape index (κ2) is 5.98. The Morgan fingerprint density at radius 1 is 1.00 bits per heavy atom. The Labute approximate surface area is 131 Å². The number of hydrogen-bond donors (Lipinski definition) is 0. The monoisotopic (exact) mass is 295 g/mol. The molecule has 21 heavy (non-hydrogen) atoms. The first-order valence-corrected chi connectivity index (χ1v) is 8.32. The van der Waals surface area contributed by atoms with Crippen LogP contribution in [0.3, 0.4) is 0 Å². The maximum atomic E-state index is 2.38. The van der Waals surface area contributed by atoms with Crippen LogP contribution in [0.5, 0.6) is 0 Å². The zero-order chi connectivity index (χ0) is 14.8. The molecule has 0 aliphatic rings. The summed E-state index contributed by atoms with van der Waals surface area (Å²) in [5.74, 6) is 0. The van der Waals surface area contributed by atoms with E-state index in [0.29, 0.717) is 5.25 Å². The third-order valence-corrected chi connectivity index (χ3v) is 4.77. The van der Waals surface area contributed by atoms with Crippen molar-refractivity contribution in [3.63, 3.8) is 0 Å². The summed E-state index contributed by atoms with van der Waals surface area (Å²) in [6.07, 6.45) is 2.31. The van der Waals surface area contributed by atoms with Crippen LogP contribution in [0.15, 0.2) is 59.6 Å². The molecule has 0 spiro atoms. The van der Waals surface area contributed by atoms with Gasteiger partial charge in [0.05, 0.1) is 0 Å². The number of hydrogen-bond acceptors (Lipinski definition) is 1. The number of aryl methyl sites for hydroxylation is 1. The predicted molar refractivity (Wildman–Crippen MR) is 93.2 cm³/mol. The smallest absolute Gasteiger partial charge is 0.0495 e. The minimum atomic E-state index is 0.600. The van der Waals surface area contributed by atoms with Crippen molar-refractivity contribution in [2.24, 2.45) is 0 Å². The molecular weight excluding hydrogens is 274 g/mol. The lowest BCUT2D eigenvalue weighted by Gasteiger charge is -2.08. The molecule has 108 valence electrons. The van der Waals surface area contributed by atoms with Crippen molar-refractivity contribution in [3.8, 4) is 0 Å². The maximum Gasteiger partial charge on any atom is 0.0495 e. The van der Waals surface area contributed by atoms with Gasteiger partial charge in [-0.1, -0.05) is 56.3 Å². The van der Waals surface area contributed by atoms with Crippen LogP contribution < -0.4 is 0 Å². The summed E-state index contributed by atoms with van der Waals surface area (Å²) >= 11 is 1.94. The standard InChI is InChI=1S/C19H21NS/c1-14(2)21-19-13-20(18-11-7-6-10-17(18)19)12-16-9-5-4-8-15(16)3/h4-11,13-14H,12H2,1-3H3. The van der Waals surface area contributed by atoms with Crippen molar-refractivity contribution < 1.29 is 0 Å². The van der Waals surface area contributed by atoms with Crippen LogP contribution in [-0.2, 0) is 6.54 Å². The molecule has 3 aromatic rings. The van der Waals surface area contributed by atoms with E-state index in [2.05, 4.69) is 80.1 Å². The normalized spacial score (nSPS) is 11.4. The fraction of sp³-hybridized carbons (Fsp3) is 0.263. The SMILES string of the molecule is Cc1ccccc1Cn1cc(SC(C)C)c2ccccc21. The summed E-state index contributed by atoms with van der Waals surface area (Å²) in [5.41, 5.74) is 4.07. The number of benzene rings is 2. The van der Waals surface area contributed by atoms with E-state index >= 15 is 0 Å². The largest absolute Gasteiger partial charge is 0.342 e. The molecule has 0 atom stereocenters. The molecule has 0 radical (unpaired) electrons. The van der Waals surface area contributed by atoms with Gasteiger partial charge in [-0.15, -0.1) is 11.8 Å². The number of aromatic nitrogens is 1. The van der Waals surface area contributed by atoms with E-state index in [1.807, 2.05) is 11.8 Å². The van der Waals surface area contributed by atoms with Gasteiger partial charge in [0.1, 0.15) is 0 Å². The van der Waals surface area contributed by atoms with Gasteiger partial charge < -0.3 is 4.57 Å². The minimum absolute atomic E-state index is 0.600. The molecule has 1 aromatic heterocycles. The molecule has 2 aromatic carbocycles. The molecule has 2 heteroatoms. The van der Waals surface area contributed by atoms with Crippen molar-refractivity contribution in [1.29, 1.82) is 0 Å². The van der Waals surface area contributed by atoms with Crippen LogP contribution in [0.25, 0.3) is 10.9 Å². The first kappa shape index (κ1) is 14.3. The number of rotatable bonds is 4. The highest BCUT2D eigenvalue weighted by Crippen LogP contribution is 2.32. The Morgan fingerprint density at radius 3 is 2.48 bits per heavy atom. The Balaban J connectivity index is 2.04. The Bertz CT molecular complexity index is 755. The molecule has 0 saturated heterocycles. The molecule has 0 N–H and O–H groups in total. The van der Waals surface area contributed by atoms with Gasteiger partial charge >= 0.3 is 0 Å². The third-order valence-electron chi connectivity index (χ3n) is 3.72. The van der Waals surface area contributed by atoms with Gasteiger partial charge in [0.15, 0.2) is 0 Å². The molecule has 0 saturated carbocycles. The summed E-state index contributed by atoms with van der Waals surface area (Å²) in [6, 6.07) is 17.3. The molecule has 1 heterocycles. The quantitative estimate of drug-likeness (QED) is 0.575. The van der Waals surface area contributed by atoms with E-state index in [4.69, 9.17) is 0 Å². The lowest BCUT2D eigenvalue weighted by atomic mass is 10.1. The highest BCUT2D eigenvalue weighted by molar-refractivity contribution is 8.00. The van der Waals surface area contributed by atoms with Gasteiger partial charge in [-0.25, -0.2) is 0 Å². The molecular formula is C19H21NS. The van der Waals surface area contributed by atoms with E-state index in [-0.39, 0.29) is 0 Å². The van der Waals surface area contributed by atoms with Crippen molar-refractivity contribution in [3.05, 3.63) is 65.9 Å². The maximum absolute atomic E-state index is 2.38. The van der Waals surface area contributed by atoms with E-state index in [1.165, 1.54) is 26.9 Å². The molecule has 1 nitrogen and oxygen atoms in total. The van der Waals surface area contributed by atoms with Gasteiger partial charge in [0.25, 0.3) is 0 Å². The molecule has 0 aliphatic heterocycles. The topological polar surface area (TPSA) is 4.93 Å². The van der Waals surface area contributed by atoms with Crippen LogP contribution in [0, 0.1) is 6.92 Å². The van der Waals surface area contributed by atoms with Crippen molar-refractivity contribution in [2.45, 2.75) is 37.5 Å². The zero-order valence-corrected chi connectivity index (χ0v) is 13.7. The van der Waals surface area contributed by atoms with Gasteiger partial charge in [0.2, 0.25) is 0 Å². The van der Waals surface area contributed by atoms with Crippen molar-refractivity contribution >= 4 is 22.7 Å².